The summed E-state index contributed by atoms with van der Waals surface area (Å²) in [6.45, 7) is 0.349. The first kappa shape index (κ1) is 12.8. The van der Waals surface area contributed by atoms with Crippen LogP contribution in [0.3, 0.4) is 0 Å². The van der Waals surface area contributed by atoms with Gasteiger partial charge in [0.1, 0.15) is 11.6 Å². The monoisotopic (exact) mass is 261 g/mol. The van der Waals surface area contributed by atoms with Gasteiger partial charge in [0, 0.05) is 12.7 Å². The van der Waals surface area contributed by atoms with E-state index >= 15 is 0 Å². The Labute approximate surface area is 108 Å². The fourth-order valence-electron chi connectivity index (χ4n) is 1.58. The van der Waals surface area contributed by atoms with E-state index in [4.69, 9.17) is 10.8 Å². The molecule has 5 nitrogen and oxygen atoms in total. The number of nitrogen functional groups attached to an aromatic ring is 1. The summed E-state index contributed by atoms with van der Waals surface area (Å²) in [7, 11) is 0. The van der Waals surface area contributed by atoms with Crippen LogP contribution in [-0.4, -0.2) is 16.1 Å². The lowest BCUT2D eigenvalue weighted by Crippen LogP contribution is -2.07. The first-order valence-corrected chi connectivity index (χ1v) is 5.53. The van der Waals surface area contributed by atoms with Gasteiger partial charge in [0.05, 0.1) is 11.3 Å². The van der Waals surface area contributed by atoms with Crippen LogP contribution in [0.25, 0.3) is 0 Å². The number of nitrogens with two attached hydrogens (primary N) is 1. The molecule has 6 heteroatoms. The van der Waals surface area contributed by atoms with E-state index in [1.165, 1.54) is 24.4 Å². The van der Waals surface area contributed by atoms with Crippen molar-refractivity contribution in [3.05, 3.63) is 53.5 Å². The Bertz CT molecular complexity index is 617. The van der Waals surface area contributed by atoms with E-state index in [0.29, 0.717) is 12.4 Å². The minimum Gasteiger partial charge on any atom is -0.478 e. The van der Waals surface area contributed by atoms with Crippen LogP contribution in [0.5, 0.6) is 0 Å². The van der Waals surface area contributed by atoms with Crippen molar-refractivity contribution in [2.75, 3.05) is 11.1 Å². The lowest BCUT2D eigenvalue weighted by Gasteiger charge is -2.08. The fraction of sp³-hybridized carbons (Fsp3) is 0.0769. The molecular weight excluding hydrogens is 249 g/mol. The Morgan fingerprint density at radius 2 is 2.21 bits per heavy atom. The fourth-order valence-corrected chi connectivity index (χ4v) is 1.58. The van der Waals surface area contributed by atoms with Crippen molar-refractivity contribution in [2.24, 2.45) is 0 Å². The molecule has 0 aliphatic heterocycles. The topological polar surface area (TPSA) is 88.2 Å². The summed E-state index contributed by atoms with van der Waals surface area (Å²) in [6.07, 6.45) is 1.21. The first-order chi connectivity index (χ1) is 9.06. The molecule has 1 aromatic heterocycles. The molecule has 2 rings (SSSR count). The van der Waals surface area contributed by atoms with E-state index in [9.17, 15) is 9.18 Å². The minimum atomic E-state index is -1.09. The smallest absolute Gasteiger partial charge is 0.337 e. The summed E-state index contributed by atoms with van der Waals surface area (Å²) >= 11 is 0. The maximum Gasteiger partial charge on any atom is 0.337 e. The minimum absolute atomic E-state index is 0.0220. The van der Waals surface area contributed by atoms with Crippen molar-refractivity contribution in [1.29, 1.82) is 0 Å². The molecular formula is C13H12FN3O2. The molecule has 0 aliphatic carbocycles. The number of rotatable bonds is 4. The maximum absolute atomic E-state index is 13.0. The third-order valence-electron chi connectivity index (χ3n) is 2.51. The van der Waals surface area contributed by atoms with E-state index in [1.807, 2.05) is 0 Å². The molecule has 2 aromatic rings. The Morgan fingerprint density at radius 1 is 1.42 bits per heavy atom. The Hall–Kier alpha value is -2.63. The molecule has 0 radical (unpaired) electrons. The van der Waals surface area contributed by atoms with Gasteiger partial charge in [-0.2, -0.15) is 0 Å². The van der Waals surface area contributed by atoms with E-state index < -0.39 is 5.97 Å². The molecule has 0 spiro atoms. The van der Waals surface area contributed by atoms with Crippen molar-refractivity contribution in [3.63, 3.8) is 0 Å². The molecule has 98 valence electrons. The SMILES string of the molecule is Nc1cc(C(=O)O)cnc1NCc1cccc(F)c1. The van der Waals surface area contributed by atoms with Gasteiger partial charge in [0.15, 0.2) is 0 Å². The van der Waals surface area contributed by atoms with Gasteiger partial charge in [0.25, 0.3) is 0 Å². The summed E-state index contributed by atoms with van der Waals surface area (Å²) in [4.78, 5) is 14.6. The van der Waals surface area contributed by atoms with Crippen molar-refractivity contribution in [2.45, 2.75) is 6.54 Å². The molecule has 0 amide bonds. The van der Waals surface area contributed by atoms with Gasteiger partial charge in [-0.15, -0.1) is 0 Å². The number of nitrogens with one attached hydrogen (secondary N) is 1. The number of halogens is 1. The number of aromatic carboxylic acids is 1. The van der Waals surface area contributed by atoms with Crippen molar-refractivity contribution >= 4 is 17.5 Å². The quantitative estimate of drug-likeness (QED) is 0.784. The number of hydrogen-bond donors (Lipinski definition) is 3. The zero-order valence-corrected chi connectivity index (χ0v) is 9.93. The first-order valence-electron chi connectivity index (χ1n) is 5.53. The van der Waals surface area contributed by atoms with Gasteiger partial charge in [-0.25, -0.2) is 14.2 Å². The van der Waals surface area contributed by atoms with E-state index in [0.717, 1.165) is 5.56 Å². The number of carboxylic acid groups (broad SMARTS) is 1. The summed E-state index contributed by atoms with van der Waals surface area (Å²) in [6, 6.07) is 7.45. The van der Waals surface area contributed by atoms with Crippen LogP contribution >= 0.6 is 0 Å². The Kier molecular flexibility index (Phi) is 3.61. The molecule has 0 atom stereocenters. The summed E-state index contributed by atoms with van der Waals surface area (Å²) in [5.41, 5.74) is 6.68. The highest BCUT2D eigenvalue weighted by atomic mass is 19.1. The highest BCUT2D eigenvalue weighted by Gasteiger charge is 2.07. The van der Waals surface area contributed by atoms with Gasteiger partial charge in [0.2, 0.25) is 0 Å². The Morgan fingerprint density at radius 3 is 2.84 bits per heavy atom. The van der Waals surface area contributed by atoms with E-state index in [1.54, 1.807) is 12.1 Å². The second-order valence-electron chi connectivity index (χ2n) is 3.95. The lowest BCUT2D eigenvalue weighted by atomic mass is 10.2. The predicted octanol–water partition coefficient (Wildman–Crippen LogP) is 2.11. The number of carboxylic acids is 1. The molecule has 1 aromatic carbocycles. The van der Waals surface area contributed by atoms with Gasteiger partial charge in [-0.05, 0) is 23.8 Å². The van der Waals surface area contributed by atoms with Crippen LogP contribution in [0.15, 0.2) is 36.5 Å². The van der Waals surface area contributed by atoms with E-state index in [-0.39, 0.29) is 17.1 Å². The molecule has 1 heterocycles. The molecule has 4 N–H and O–H groups in total. The predicted molar refractivity (Wildman–Crippen MR) is 69.3 cm³/mol. The molecule has 19 heavy (non-hydrogen) atoms. The second-order valence-corrected chi connectivity index (χ2v) is 3.95. The van der Waals surface area contributed by atoms with Crippen molar-refractivity contribution in [3.8, 4) is 0 Å². The van der Waals surface area contributed by atoms with Crippen molar-refractivity contribution in [1.82, 2.24) is 4.98 Å². The van der Waals surface area contributed by atoms with Crippen LogP contribution in [0.1, 0.15) is 15.9 Å². The second kappa shape index (κ2) is 5.34. The summed E-state index contributed by atoms with van der Waals surface area (Å²) in [5.74, 6) is -1.04. The van der Waals surface area contributed by atoms with Crippen LogP contribution in [0.2, 0.25) is 0 Å². The van der Waals surface area contributed by atoms with Crippen LogP contribution in [0.4, 0.5) is 15.9 Å². The Balaban J connectivity index is 2.10. The van der Waals surface area contributed by atoms with Crippen LogP contribution in [0, 0.1) is 5.82 Å². The lowest BCUT2D eigenvalue weighted by molar-refractivity contribution is 0.0696. The molecule has 0 bridgehead atoms. The summed E-state index contributed by atoms with van der Waals surface area (Å²) in [5, 5.41) is 11.7. The highest BCUT2D eigenvalue weighted by Crippen LogP contribution is 2.17. The molecule has 0 fully saturated rings. The van der Waals surface area contributed by atoms with Gasteiger partial charge in [-0.3, -0.25) is 0 Å². The number of hydrogen-bond acceptors (Lipinski definition) is 4. The van der Waals surface area contributed by atoms with Gasteiger partial charge in [-0.1, -0.05) is 12.1 Å². The number of nitrogens with zero attached hydrogens (tertiary/aromatic N) is 1. The number of aromatic nitrogens is 1. The van der Waals surface area contributed by atoms with Crippen molar-refractivity contribution < 1.29 is 14.3 Å². The van der Waals surface area contributed by atoms with Gasteiger partial charge < -0.3 is 16.2 Å². The zero-order chi connectivity index (χ0) is 13.8. The van der Waals surface area contributed by atoms with E-state index in [2.05, 4.69) is 10.3 Å². The van der Waals surface area contributed by atoms with Gasteiger partial charge >= 0.3 is 5.97 Å². The number of benzene rings is 1. The number of anilines is 2. The maximum atomic E-state index is 13.0. The molecule has 0 saturated heterocycles. The molecule has 0 aliphatic rings. The average molecular weight is 261 g/mol. The van der Waals surface area contributed by atoms with Crippen LogP contribution in [-0.2, 0) is 6.54 Å². The largest absolute Gasteiger partial charge is 0.478 e. The zero-order valence-electron chi connectivity index (χ0n) is 9.93. The van der Waals surface area contributed by atoms with Crippen LogP contribution < -0.4 is 11.1 Å². The molecule has 0 unspecified atom stereocenters. The number of carbonyl (C=O) groups is 1. The number of pyridine rings is 1. The third kappa shape index (κ3) is 3.19. The standard InChI is InChI=1S/C13H12FN3O2/c14-10-3-1-2-8(4-10)6-16-12-11(15)5-9(7-17-12)13(18)19/h1-5,7H,6,15H2,(H,16,17)(H,18,19). The summed E-state index contributed by atoms with van der Waals surface area (Å²) < 4.78 is 13.0. The average Bonchev–Trinajstić information content (AvgIpc) is 2.37. The molecule has 0 saturated carbocycles. The highest BCUT2D eigenvalue weighted by molar-refractivity contribution is 5.89. The normalized spacial score (nSPS) is 10.2. The third-order valence-corrected chi connectivity index (χ3v) is 2.51.